The predicted octanol–water partition coefficient (Wildman–Crippen LogP) is 4.22. The van der Waals surface area contributed by atoms with Crippen LogP contribution in [-0.2, 0) is 11.8 Å². The second-order valence-corrected chi connectivity index (χ2v) is 8.14. The molecule has 0 atom stereocenters. The Kier molecular flexibility index (Phi) is 11.0. The molecule has 0 saturated carbocycles. The van der Waals surface area contributed by atoms with Crippen LogP contribution in [0.5, 0.6) is 0 Å². The Balaban J connectivity index is 0.00000480. The van der Waals surface area contributed by atoms with Crippen molar-refractivity contribution in [2.75, 3.05) is 33.7 Å². The standard InChI is InChI=1S/C24H33FN4O.HI/c1-6-26-23(28-17-24(2,3)20-12-7-8-13-21(20)25)27-15-14-18-10-9-11-19(16-18)22(30)29(4)5;/h7-13,16H,6,14-15,17H2,1-5H3,(H2,26,27,28);1H. The average molecular weight is 540 g/mol. The average Bonchev–Trinajstić information content (AvgIpc) is 2.72. The molecule has 2 aromatic carbocycles. The molecule has 2 aromatic rings. The highest BCUT2D eigenvalue weighted by atomic mass is 127. The molecule has 2 rings (SSSR count). The third kappa shape index (κ3) is 8.12. The van der Waals surface area contributed by atoms with Gasteiger partial charge in [0.2, 0.25) is 0 Å². The van der Waals surface area contributed by atoms with Gasteiger partial charge in [-0.25, -0.2) is 4.39 Å². The second-order valence-electron chi connectivity index (χ2n) is 8.14. The molecule has 0 aliphatic heterocycles. The van der Waals surface area contributed by atoms with Crippen molar-refractivity contribution >= 4 is 35.8 Å². The molecule has 0 bridgehead atoms. The number of halogens is 2. The van der Waals surface area contributed by atoms with Gasteiger partial charge in [-0.15, -0.1) is 24.0 Å². The lowest BCUT2D eigenvalue weighted by molar-refractivity contribution is 0.0827. The molecular weight excluding hydrogens is 506 g/mol. The van der Waals surface area contributed by atoms with E-state index in [0.29, 0.717) is 30.2 Å². The van der Waals surface area contributed by atoms with Gasteiger partial charge in [-0.3, -0.25) is 9.79 Å². The monoisotopic (exact) mass is 540 g/mol. The molecule has 0 aromatic heterocycles. The van der Waals surface area contributed by atoms with E-state index in [1.807, 2.05) is 57.2 Å². The molecule has 1 amide bonds. The Morgan fingerprint density at radius 3 is 2.45 bits per heavy atom. The third-order valence-electron chi connectivity index (χ3n) is 4.87. The Morgan fingerprint density at radius 1 is 1.10 bits per heavy atom. The number of benzene rings is 2. The van der Waals surface area contributed by atoms with E-state index in [1.165, 1.54) is 6.07 Å². The maximum Gasteiger partial charge on any atom is 0.253 e. The van der Waals surface area contributed by atoms with Gasteiger partial charge in [0.15, 0.2) is 5.96 Å². The summed E-state index contributed by atoms with van der Waals surface area (Å²) in [5.41, 5.74) is 2.00. The number of amides is 1. The molecule has 170 valence electrons. The van der Waals surface area contributed by atoms with Crippen molar-refractivity contribution in [1.82, 2.24) is 15.5 Å². The van der Waals surface area contributed by atoms with Crippen molar-refractivity contribution < 1.29 is 9.18 Å². The number of carbonyl (C=O) groups excluding carboxylic acids is 1. The zero-order valence-corrected chi connectivity index (χ0v) is 21.4. The van der Waals surface area contributed by atoms with E-state index in [4.69, 9.17) is 0 Å². The topological polar surface area (TPSA) is 56.7 Å². The summed E-state index contributed by atoms with van der Waals surface area (Å²) in [5.74, 6) is 0.486. The number of nitrogens with one attached hydrogen (secondary N) is 2. The minimum Gasteiger partial charge on any atom is -0.357 e. The first kappa shape index (κ1) is 26.9. The molecule has 0 aliphatic carbocycles. The largest absolute Gasteiger partial charge is 0.357 e. The number of hydrogen-bond acceptors (Lipinski definition) is 2. The van der Waals surface area contributed by atoms with Crippen LogP contribution in [0.2, 0.25) is 0 Å². The van der Waals surface area contributed by atoms with E-state index < -0.39 is 5.41 Å². The first-order valence-electron chi connectivity index (χ1n) is 10.3. The van der Waals surface area contributed by atoms with Crippen molar-refractivity contribution in [3.05, 3.63) is 71.0 Å². The maximum atomic E-state index is 14.2. The Morgan fingerprint density at radius 2 is 1.81 bits per heavy atom. The van der Waals surface area contributed by atoms with Gasteiger partial charge in [0.05, 0.1) is 6.54 Å². The van der Waals surface area contributed by atoms with Crippen LogP contribution >= 0.6 is 24.0 Å². The summed E-state index contributed by atoms with van der Waals surface area (Å²) in [6, 6.07) is 14.5. The zero-order valence-electron chi connectivity index (χ0n) is 19.0. The molecule has 0 unspecified atom stereocenters. The molecule has 7 heteroatoms. The quantitative estimate of drug-likeness (QED) is 0.300. The molecule has 31 heavy (non-hydrogen) atoms. The summed E-state index contributed by atoms with van der Waals surface area (Å²) >= 11 is 0. The number of aliphatic imine (C=N–C) groups is 1. The van der Waals surface area contributed by atoms with Crippen molar-refractivity contribution in [2.24, 2.45) is 4.99 Å². The minimum absolute atomic E-state index is 0. The van der Waals surface area contributed by atoms with Crippen LogP contribution in [0.4, 0.5) is 4.39 Å². The summed E-state index contributed by atoms with van der Waals surface area (Å²) in [6.45, 7) is 7.85. The molecular formula is C24H34FIN4O. The molecule has 0 aliphatic rings. The Labute approximate surface area is 202 Å². The van der Waals surface area contributed by atoms with Crippen LogP contribution < -0.4 is 10.6 Å². The van der Waals surface area contributed by atoms with Crippen LogP contribution in [0.15, 0.2) is 53.5 Å². The fourth-order valence-corrected chi connectivity index (χ4v) is 3.16. The van der Waals surface area contributed by atoms with Gasteiger partial charge in [0.1, 0.15) is 5.82 Å². The highest BCUT2D eigenvalue weighted by Crippen LogP contribution is 2.25. The number of nitrogens with zero attached hydrogens (tertiary/aromatic N) is 2. The molecule has 0 saturated heterocycles. The van der Waals surface area contributed by atoms with Crippen LogP contribution in [0.1, 0.15) is 42.3 Å². The number of carbonyl (C=O) groups is 1. The van der Waals surface area contributed by atoms with Crippen molar-refractivity contribution in [3.8, 4) is 0 Å². The number of hydrogen-bond donors (Lipinski definition) is 2. The predicted molar refractivity (Wildman–Crippen MR) is 137 cm³/mol. The highest BCUT2D eigenvalue weighted by Gasteiger charge is 2.23. The third-order valence-corrected chi connectivity index (χ3v) is 4.87. The van der Waals surface area contributed by atoms with E-state index in [1.54, 1.807) is 25.1 Å². The minimum atomic E-state index is -0.422. The van der Waals surface area contributed by atoms with Gasteiger partial charge in [0, 0.05) is 38.2 Å². The summed E-state index contributed by atoms with van der Waals surface area (Å²) in [7, 11) is 3.50. The SMILES string of the molecule is CCNC(=NCC(C)(C)c1ccccc1F)NCCc1cccc(C(=O)N(C)C)c1.I. The molecule has 2 N–H and O–H groups in total. The smallest absolute Gasteiger partial charge is 0.253 e. The van der Waals surface area contributed by atoms with Gasteiger partial charge < -0.3 is 15.5 Å². The maximum absolute atomic E-state index is 14.2. The lowest BCUT2D eigenvalue weighted by atomic mass is 9.84. The van der Waals surface area contributed by atoms with Gasteiger partial charge in [-0.2, -0.15) is 0 Å². The van der Waals surface area contributed by atoms with Crippen molar-refractivity contribution in [3.63, 3.8) is 0 Å². The normalized spacial score (nSPS) is 11.5. The zero-order chi connectivity index (χ0) is 22.1. The van der Waals surface area contributed by atoms with E-state index in [-0.39, 0.29) is 35.7 Å². The van der Waals surface area contributed by atoms with E-state index in [0.717, 1.165) is 18.5 Å². The molecule has 5 nitrogen and oxygen atoms in total. The molecule has 0 fully saturated rings. The van der Waals surface area contributed by atoms with Gasteiger partial charge in [-0.05, 0) is 42.7 Å². The van der Waals surface area contributed by atoms with Gasteiger partial charge in [-0.1, -0.05) is 44.2 Å². The Bertz CT molecular complexity index is 883. The molecule has 0 radical (unpaired) electrons. The number of rotatable bonds is 8. The van der Waals surface area contributed by atoms with E-state index in [9.17, 15) is 9.18 Å². The van der Waals surface area contributed by atoms with Crippen LogP contribution in [0.3, 0.4) is 0 Å². The lowest BCUT2D eigenvalue weighted by Gasteiger charge is -2.24. The summed E-state index contributed by atoms with van der Waals surface area (Å²) in [5, 5.41) is 6.57. The summed E-state index contributed by atoms with van der Waals surface area (Å²) in [6.07, 6.45) is 0.760. The Hall–Kier alpha value is -2.16. The first-order chi connectivity index (χ1) is 14.2. The second kappa shape index (κ2) is 12.6. The van der Waals surface area contributed by atoms with E-state index >= 15 is 0 Å². The van der Waals surface area contributed by atoms with Crippen LogP contribution in [0, 0.1) is 5.82 Å². The lowest BCUT2D eigenvalue weighted by Crippen LogP contribution is -2.39. The van der Waals surface area contributed by atoms with Gasteiger partial charge in [0.25, 0.3) is 5.91 Å². The van der Waals surface area contributed by atoms with Crippen molar-refractivity contribution in [1.29, 1.82) is 0 Å². The van der Waals surface area contributed by atoms with E-state index in [2.05, 4.69) is 15.6 Å². The fraction of sp³-hybridized carbons (Fsp3) is 0.417. The van der Waals surface area contributed by atoms with Gasteiger partial charge >= 0.3 is 0 Å². The summed E-state index contributed by atoms with van der Waals surface area (Å²) in [4.78, 5) is 18.4. The van der Waals surface area contributed by atoms with Crippen LogP contribution in [0.25, 0.3) is 0 Å². The number of guanidine groups is 1. The molecule has 0 spiro atoms. The molecule has 0 heterocycles. The first-order valence-corrected chi connectivity index (χ1v) is 10.3. The van der Waals surface area contributed by atoms with Crippen LogP contribution in [-0.4, -0.2) is 50.5 Å². The highest BCUT2D eigenvalue weighted by molar-refractivity contribution is 14.0. The fourth-order valence-electron chi connectivity index (χ4n) is 3.16. The summed E-state index contributed by atoms with van der Waals surface area (Å²) < 4.78 is 14.2. The van der Waals surface area contributed by atoms with Crippen molar-refractivity contribution in [2.45, 2.75) is 32.6 Å².